The molecule has 0 fully saturated rings. The van der Waals surface area contributed by atoms with Crippen LogP contribution in [0.1, 0.15) is 5.56 Å². The Morgan fingerprint density at radius 1 is 1.11 bits per heavy atom. The van der Waals surface area contributed by atoms with Gasteiger partial charge in [0.25, 0.3) is 5.69 Å². The molecule has 7 nitrogen and oxygen atoms in total. The van der Waals surface area contributed by atoms with Crippen molar-refractivity contribution >= 4 is 5.69 Å². The second-order valence-electron chi connectivity index (χ2n) is 4.03. The van der Waals surface area contributed by atoms with Crippen LogP contribution in [0.3, 0.4) is 0 Å². The van der Waals surface area contributed by atoms with Gasteiger partial charge in [0, 0.05) is 17.7 Å². The summed E-state index contributed by atoms with van der Waals surface area (Å²) in [7, 11) is 0. The zero-order chi connectivity index (χ0) is 13.6. The van der Waals surface area contributed by atoms with Crippen molar-refractivity contribution in [3.05, 3.63) is 45.2 Å². The Hall–Kier alpha value is -1.54. The Bertz CT molecular complexity index is 387. The molecule has 0 unspecified atom stereocenters. The van der Waals surface area contributed by atoms with Gasteiger partial charge >= 0.3 is 0 Å². The largest absolute Gasteiger partial charge is 0.632 e. The second-order valence-corrected chi connectivity index (χ2v) is 4.03. The number of nitrogens with zero attached hydrogens (tertiary/aromatic N) is 2. The van der Waals surface area contributed by atoms with Crippen molar-refractivity contribution in [3.63, 3.8) is 0 Å². The lowest BCUT2D eigenvalue weighted by Gasteiger charge is -2.41. The minimum atomic E-state index is -0.745. The summed E-state index contributed by atoms with van der Waals surface area (Å²) >= 11 is 0. The molecule has 0 amide bonds. The van der Waals surface area contributed by atoms with Crippen molar-refractivity contribution in [1.82, 2.24) is 0 Å². The summed E-state index contributed by atoms with van der Waals surface area (Å²) < 4.78 is -0.745. The Balaban J connectivity index is 2.77. The van der Waals surface area contributed by atoms with Crippen molar-refractivity contribution in [1.29, 1.82) is 0 Å². The molecule has 0 saturated carbocycles. The van der Waals surface area contributed by atoms with Gasteiger partial charge in [0.05, 0.1) is 18.1 Å². The first-order valence-corrected chi connectivity index (χ1v) is 5.53. The van der Waals surface area contributed by atoms with Gasteiger partial charge in [-0.25, -0.2) is 0 Å². The molecule has 1 aromatic carbocycles. The maximum Gasteiger partial charge on any atom is 0.269 e. The minimum Gasteiger partial charge on any atom is -0.632 e. The zero-order valence-corrected chi connectivity index (χ0v) is 9.86. The van der Waals surface area contributed by atoms with Gasteiger partial charge in [0.15, 0.2) is 0 Å². The van der Waals surface area contributed by atoms with Gasteiger partial charge in [0.1, 0.15) is 19.6 Å². The van der Waals surface area contributed by atoms with Gasteiger partial charge in [-0.1, -0.05) is 0 Å². The van der Waals surface area contributed by atoms with Crippen LogP contribution in [0.2, 0.25) is 0 Å². The van der Waals surface area contributed by atoms with E-state index >= 15 is 0 Å². The summed E-state index contributed by atoms with van der Waals surface area (Å²) in [5.74, 6) is 0. The van der Waals surface area contributed by atoms with Crippen LogP contribution in [-0.2, 0) is 6.54 Å². The van der Waals surface area contributed by atoms with Crippen LogP contribution in [0, 0.1) is 15.3 Å². The lowest BCUT2D eigenvalue weighted by molar-refractivity contribution is -0.894. The quantitative estimate of drug-likeness (QED) is 0.417. The molecule has 0 bridgehead atoms. The fraction of sp³-hybridized carbons (Fsp3) is 0.455. The van der Waals surface area contributed by atoms with E-state index in [0.717, 1.165) is 0 Å². The molecule has 0 atom stereocenters. The van der Waals surface area contributed by atoms with E-state index in [-0.39, 0.29) is 38.5 Å². The van der Waals surface area contributed by atoms with Gasteiger partial charge in [-0.2, -0.15) is 0 Å². The summed E-state index contributed by atoms with van der Waals surface area (Å²) in [6.45, 7) is -0.499. The fourth-order valence-electron chi connectivity index (χ4n) is 1.69. The molecule has 1 aromatic rings. The van der Waals surface area contributed by atoms with Gasteiger partial charge in [-0.15, -0.1) is 0 Å². The molecule has 0 aromatic heterocycles. The maximum atomic E-state index is 12.2. The number of non-ortho nitro benzene ring substituents is 1. The van der Waals surface area contributed by atoms with Crippen LogP contribution in [-0.4, -0.2) is 46.1 Å². The van der Waals surface area contributed by atoms with Crippen LogP contribution < -0.4 is 0 Å². The van der Waals surface area contributed by atoms with E-state index in [1.54, 1.807) is 0 Å². The monoisotopic (exact) mass is 256 g/mol. The SMILES string of the molecule is O=[N+]([O-])c1ccc(C[N+]([O-])(CCO)CCO)cc1. The lowest BCUT2D eigenvalue weighted by Crippen LogP contribution is -2.45. The van der Waals surface area contributed by atoms with E-state index in [9.17, 15) is 15.3 Å². The molecule has 7 heteroatoms. The Morgan fingerprint density at radius 2 is 1.61 bits per heavy atom. The highest BCUT2D eigenvalue weighted by atomic mass is 16.6. The molecule has 0 aliphatic rings. The van der Waals surface area contributed by atoms with Crippen LogP contribution >= 0.6 is 0 Å². The van der Waals surface area contributed by atoms with Gasteiger partial charge in [-0.3, -0.25) is 10.1 Å². The third-order valence-corrected chi connectivity index (χ3v) is 2.63. The molecule has 1 rings (SSSR count). The number of nitro groups is 1. The first-order chi connectivity index (χ1) is 8.50. The van der Waals surface area contributed by atoms with Crippen LogP contribution in [0.15, 0.2) is 24.3 Å². The molecule has 0 aliphatic heterocycles. The molecule has 0 heterocycles. The molecule has 0 spiro atoms. The molecule has 18 heavy (non-hydrogen) atoms. The van der Waals surface area contributed by atoms with Crippen molar-refractivity contribution in [2.24, 2.45) is 0 Å². The third kappa shape index (κ3) is 4.04. The molecule has 2 N–H and O–H groups in total. The average Bonchev–Trinajstić information content (AvgIpc) is 2.30. The van der Waals surface area contributed by atoms with Crippen molar-refractivity contribution in [3.8, 4) is 0 Å². The van der Waals surface area contributed by atoms with E-state index in [1.165, 1.54) is 24.3 Å². The van der Waals surface area contributed by atoms with Crippen molar-refractivity contribution in [2.75, 3.05) is 26.3 Å². The van der Waals surface area contributed by atoms with E-state index < -0.39 is 9.57 Å². The number of quaternary nitrogens is 1. The van der Waals surface area contributed by atoms with E-state index in [0.29, 0.717) is 5.56 Å². The van der Waals surface area contributed by atoms with Crippen molar-refractivity contribution in [2.45, 2.75) is 6.54 Å². The summed E-state index contributed by atoms with van der Waals surface area (Å²) in [5.41, 5.74) is 0.601. The maximum absolute atomic E-state index is 12.2. The minimum absolute atomic E-state index is 0.0163. The molecular weight excluding hydrogens is 240 g/mol. The van der Waals surface area contributed by atoms with Crippen molar-refractivity contribution < 1.29 is 19.8 Å². The zero-order valence-electron chi connectivity index (χ0n) is 9.86. The van der Waals surface area contributed by atoms with E-state index in [2.05, 4.69) is 0 Å². The molecule has 0 saturated heterocycles. The van der Waals surface area contributed by atoms with Crippen LogP contribution in [0.5, 0.6) is 0 Å². The highest BCUT2D eigenvalue weighted by Gasteiger charge is 2.17. The van der Waals surface area contributed by atoms with Crippen LogP contribution in [0.25, 0.3) is 0 Å². The number of rotatable bonds is 7. The number of nitro benzene ring substituents is 1. The van der Waals surface area contributed by atoms with Gasteiger partial charge in [-0.05, 0) is 12.1 Å². The number of aliphatic hydroxyl groups excluding tert-OH is 2. The molecule has 100 valence electrons. The third-order valence-electron chi connectivity index (χ3n) is 2.63. The van der Waals surface area contributed by atoms with Gasteiger partial charge < -0.3 is 20.1 Å². The first-order valence-electron chi connectivity index (χ1n) is 5.53. The Morgan fingerprint density at radius 3 is 2.00 bits per heavy atom. The normalized spacial score (nSPS) is 11.5. The standard InChI is InChI=1S/C11H16N2O5/c14-7-5-13(18,6-8-15)9-10-1-3-11(4-2-10)12(16)17/h1-4,14-15H,5-9H2. The highest BCUT2D eigenvalue weighted by Crippen LogP contribution is 2.16. The first kappa shape index (κ1) is 14.5. The summed E-state index contributed by atoms with van der Waals surface area (Å²) in [4.78, 5) is 9.97. The summed E-state index contributed by atoms with van der Waals surface area (Å²) in [5, 5.41) is 40.3. The molecule has 0 aliphatic carbocycles. The molecule has 0 radical (unpaired) electrons. The fourth-order valence-corrected chi connectivity index (χ4v) is 1.69. The predicted molar refractivity (Wildman–Crippen MR) is 64.3 cm³/mol. The topological polar surface area (TPSA) is 107 Å². The number of aliphatic hydroxyl groups is 2. The Kier molecular flexibility index (Phi) is 5.17. The Labute approximate surface area is 104 Å². The number of hydrogen-bond acceptors (Lipinski definition) is 5. The number of hydroxylamine groups is 3. The number of benzene rings is 1. The highest BCUT2D eigenvalue weighted by molar-refractivity contribution is 5.32. The van der Waals surface area contributed by atoms with E-state index in [4.69, 9.17) is 10.2 Å². The summed E-state index contributed by atoms with van der Waals surface area (Å²) in [6.07, 6.45) is 0. The molecular formula is C11H16N2O5. The van der Waals surface area contributed by atoms with Gasteiger partial charge in [0.2, 0.25) is 0 Å². The van der Waals surface area contributed by atoms with Crippen LogP contribution in [0.4, 0.5) is 5.69 Å². The second kappa shape index (κ2) is 6.41. The predicted octanol–water partition coefficient (Wildman–Crippen LogP) is 0.394. The average molecular weight is 256 g/mol. The van der Waals surface area contributed by atoms with E-state index in [1.807, 2.05) is 0 Å². The number of hydrogen-bond donors (Lipinski definition) is 2. The lowest BCUT2D eigenvalue weighted by atomic mass is 10.2. The smallest absolute Gasteiger partial charge is 0.269 e. The summed E-state index contributed by atoms with van der Waals surface area (Å²) in [6, 6.07) is 5.69.